The molecular weight excluding hydrogens is 422 g/mol. The minimum absolute atomic E-state index is 0.0341. The van der Waals surface area contributed by atoms with E-state index in [0.29, 0.717) is 6.54 Å². The standard InChI is InChI=1S/C28H35N5O/c1-5-25-24(19-23-12-7-6-8-13-23)27(30-22(4)29-25)32-15-10-16-33(18-17-32)28(34)31-26-14-9-11-20(2)21(26)3/h6-9,11-14H,5,10,15-19H2,1-4H3,(H,31,34). The molecule has 2 amide bonds. The molecule has 0 aliphatic carbocycles. The van der Waals surface area contributed by atoms with E-state index in [-0.39, 0.29) is 6.03 Å². The molecule has 6 heteroatoms. The molecule has 34 heavy (non-hydrogen) atoms. The molecule has 1 N–H and O–H groups in total. The summed E-state index contributed by atoms with van der Waals surface area (Å²) >= 11 is 0. The van der Waals surface area contributed by atoms with E-state index >= 15 is 0 Å². The second kappa shape index (κ2) is 10.7. The molecule has 1 fully saturated rings. The van der Waals surface area contributed by atoms with Crippen LogP contribution >= 0.6 is 0 Å². The Balaban J connectivity index is 1.53. The van der Waals surface area contributed by atoms with Gasteiger partial charge in [0, 0.05) is 49.5 Å². The summed E-state index contributed by atoms with van der Waals surface area (Å²) in [5.41, 5.74) is 6.75. The van der Waals surface area contributed by atoms with E-state index in [9.17, 15) is 4.79 Å². The lowest BCUT2D eigenvalue weighted by molar-refractivity contribution is 0.215. The van der Waals surface area contributed by atoms with Crippen molar-refractivity contribution in [2.75, 3.05) is 36.4 Å². The Morgan fingerprint density at radius 3 is 2.50 bits per heavy atom. The molecule has 2 heterocycles. The van der Waals surface area contributed by atoms with Crippen molar-refractivity contribution < 1.29 is 4.79 Å². The molecule has 1 aliphatic rings. The fraction of sp³-hybridized carbons (Fsp3) is 0.393. The highest BCUT2D eigenvalue weighted by atomic mass is 16.2. The summed E-state index contributed by atoms with van der Waals surface area (Å²) in [6, 6.07) is 16.5. The van der Waals surface area contributed by atoms with Crippen LogP contribution in [0.3, 0.4) is 0 Å². The minimum atomic E-state index is -0.0341. The van der Waals surface area contributed by atoms with Gasteiger partial charge in [0.05, 0.1) is 0 Å². The van der Waals surface area contributed by atoms with Crippen molar-refractivity contribution in [1.29, 1.82) is 0 Å². The zero-order chi connectivity index (χ0) is 24.1. The van der Waals surface area contributed by atoms with Crippen LogP contribution in [0.5, 0.6) is 0 Å². The fourth-order valence-corrected chi connectivity index (χ4v) is 4.59. The van der Waals surface area contributed by atoms with Gasteiger partial charge >= 0.3 is 6.03 Å². The van der Waals surface area contributed by atoms with Crippen LogP contribution in [0.15, 0.2) is 48.5 Å². The Morgan fingerprint density at radius 1 is 0.941 bits per heavy atom. The number of rotatable bonds is 5. The number of carbonyl (C=O) groups is 1. The van der Waals surface area contributed by atoms with Gasteiger partial charge in [-0.15, -0.1) is 0 Å². The monoisotopic (exact) mass is 457 g/mol. The van der Waals surface area contributed by atoms with Crippen molar-refractivity contribution in [3.63, 3.8) is 0 Å². The highest BCUT2D eigenvalue weighted by Gasteiger charge is 2.24. The van der Waals surface area contributed by atoms with Gasteiger partial charge < -0.3 is 15.1 Å². The zero-order valence-corrected chi connectivity index (χ0v) is 20.8. The summed E-state index contributed by atoms with van der Waals surface area (Å²) in [6.45, 7) is 11.2. The first kappa shape index (κ1) is 23.7. The summed E-state index contributed by atoms with van der Waals surface area (Å²) in [5, 5.41) is 3.12. The largest absolute Gasteiger partial charge is 0.354 e. The molecule has 1 saturated heterocycles. The molecule has 4 rings (SSSR count). The second-order valence-corrected chi connectivity index (χ2v) is 9.04. The molecule has 1 aliphatic heterocycles. The van der Waals surface area contributed by atoms with E-state index in [2.05, 4.69) is 54.4 Å². The number of hydrogen-bond donors (Lipinski definition) is 1. The van der Waals surface area contributed by atoms with Crippen molar-refractivity contribution >= 4 is 17.5 Å². The number of aromatic nitrogens is 2. The van der Waals surface area contributed by atoms with Crippen LogP contribution < -0.4 is 10.2 Å². The molecular formula is C28H35N5O. The molecule has 3 aromatic rings. The SMILES string of the molecule is CCc1nc(C)nc(N2CCCN(C(=O)Nc3cccc(C)c3C)CC2)c1Cc1ccccc1. The quantitative estimate of drug-likeness (QED) is 0.565. The van der Waals surface area contributed by atoms with Gasteiger partial charge in [-0.3, -0.25) is 0 Å². The van der Waals surface area contributed by atoms with Gasteiger partial charge in [0.25, 0.3) is 0 Å². The first-order valence-corrected chi connectivity index (χ1v) is 12.2. The number of nitrogens with zero attached hydrogens (tertiary/aromatic N) is 4. The van der Waals surface area contributed by atoms with Crippen molar-refractivity contribution in [2.24, 2.45) is 0 Å². The number of aryl methyl sites for hydroxylation is 3. The Morgan fingerprint density at radius 2 is 1.74 bits per heavy atom. The summed E-state index contributed by atoms with van der Waals surface area (Å²) in [6.07, 6.45) is 2.58. The number of benzene rings is 2. The first-order chi connectivity index (χ1) is 16.5. The van der Waals surface area contributed by atoms with Gasteiger partial charge in [0.2, 0.25) is 0 Å². The third kappa shape index (κ3) is 5.38. The van der Waals surface area contributed by atoms with Crippen molar-refractivity contribution in [2.45, 2.75) is 47.0 Å². The Hall–Kier alpha value is -3.41. The van der Waals surface area contributed by atoms with Gasteiger partial charge in [-0.25, -0.2) is 14.8 Å². The number of nitrogens with one attached hydrogen (secondary N) is 1. The Bertz CT molecular complexity index is 1150. The highest BCUT2D eigenvalue weighted by molar-refractivity contribution is 5.90. The lowest BCUT2D eigenvalue weighted by Crippen LogP contribution is -2.38. The lowest BCUT2D eigenvalue weighted by Gasteiger charge is -2.26. The van der Waals surface area contributed by atoms with E-state index in [1.165, 1.54) is 16.7 Å². The maximum Gasteiger partial charge on any atom is 0.321 e. The number of carbonyl (C=O) groups excluding carboxylic acids is 1. The van der Waals surface area contributed by atoms with Gasteiger partial charge in [-0.1, -0.05) is 49.4 Å². The molecule has 0 atom stereocenters. The Labute approximate surface area is 203 Å². The molecule has 178 valence electrons. The normalized spacial score (nSPS) is 14.1. The smallest absolute Gasteiger partial charge is 0.321 e. The predicted octanol–water partition coefficient (Wildman–Crippen LogP) is 5.30. The van der Waals surface area contributed by atoms with E-state index in [0.717, 1.165) is 67.5 Å². The number of urea groups is 1. The summed E-state index contributed by atoms with van der Waals surface area (Å²) in [4.78, 5) is 27.0. The van der Waals surface area contributed by atoms with E-state index in [1.807, 2.05) is 36.9 Å². The number of anilines is 2. The summed E-state index contributed by atoms with van der Waals surface area (Å²) in [7, 11) is 0. The summed E-state index contributed by atoms with van der Waals surface area (Å²) in [5.74, 6) is 1.82. The lowest BCUT2D eigenvalue weighted by atomic mass is 10.0. The average Bonchev–Trinajstić information content (AvgIpc) is 3.10. The predicted molar refractivity (Wildman–Crippen MR) is 139 cm³/mol. The third-order valence-electron chi connectivity index (χ3n) is 6.67. The van der Waals surface area contributed by atoms with Crippen LogP contribution in [0, 0.1) is 20.8 Å². The van der Waals surface area contributed by atoms with Gasteiger partial charge in [0.15, 0.2) is 0 Å². The molecule has 0 unspecified atom stereocenters. The fourth-order valence-electron chi connectivity index (χ4n) is 4.59. The molecule has 6 nitrogen and oxygen atoms in total. The van der Waals surface area contributed by atoms with Crippen LogP contribution in [-0.2, 0) is 12.8 Å². The number of hydrogen-bond acceptors (Lipinski definition) is 4. The molecule has 1 aromatic heterocycles. The van der Waals surface area contributed by atoms with Crippen molar-refractivity contribution in [3.05, 3.63) is 82.3 Å². The van der Waals surface area contributed by atoms with E-state index < -0.39 is 0 Å². The maximum atomic E-state index is 13.1. The van der Waals surface area contributed by atoms with Crippen LogP contribution in [-0.4, -0.2) is 47.1 Å². The summed E-state index contributed by atoms with van der Waals surface area (Å²) < 4.78 is 0. The van der Waals surface area contributed by atoms with Crippen LogP contribution in [0.25, 0.3) is 0 Å². The molecule has 0 bridgehead atoms. The van der Waals surface area contributed by atoms with Gasteiger partial charge in [0.1, 0.15) is 11.6 Å². The van der Waals surface area contributed by atoms with Crippen LogP contribution in [0.2, 0.25) is 0 Å². The molecule has 2 aromatic carbocycles. The topological polar surface area (TPSA) is 61.4 Å². The maximum absolute atomic E-state index is 13.1. The molecule has 0 radical (unpaired) electrons. The third-order valence-corrected chi connectivity index (χ3v) is 6.67. The van der Waals surface area contributed by atoms with Gasteiger partial charge in [-0.05, 0) is 56.4 Å². The molecule has 0 saturated carbocycles. The zero-order valence-electron chi connectivity index (χ0n) is 20.8. The Kier molecular flexibility index (Phi) is 7.46. The first-order valence-electron chi connectivity index (χ1n) is 12.2. The average molecular weight is 458 g/mol. The van der Waals surface area contributed by atoms with E-state index in [1.54, 1.807) is 0 Å². The van der Waals surface area contributed by atoms with Crippen molar-refractivity contribution in [3.8, 4) is 0 Å². The van der Waals surface area contributed by atoms with Gasteiger partial charge in [-0.2, -0.15) is 0 Å². The van der Waals surface area contributed by atoms with E-state index in [4.69, 9.17) is 9.97 Å². The minimum Gasteiger partial charge on any atom is -0.354 e. The van der Waals surface area contributed by atoms with Crippen molar-refractivity contribution in [1.82, 2.24) is 14.9 Å². The van der Waals surface area contributed by atoms with Crippen LogP contribution in [0.1, 0.15) is 47.1 Å². The molecule has 0 spiro atoms. The highest BCUT2D eigenvalue weighted by Crippen LogP contribution is 2.26. The van der Waals surface area contributed by atoms with Crippen LogP contribution in [0.4, 0.5) is 16.3 Å². The second-order valence-electron chi connectivity index (χ2n) is 9.04. The number of amides is 2.